The molecule has 1 aromatic carbocycles. The number of benzene rings is 1. The van der Waals surface area contributed by atoms with E-state index in [1.807, 2.05) is 48.7 Å². The van der Waals surface area contributed by atoms with Gasteiger partial charge in [-0.25, -0.2) is 9.67 Å². The first-order valence-corrected chi connectivity index (χ1v) is 11.8. The number of rotatable bonds is 6. The topological polar surface area (TPSA) is 104 Å². The molecule has 6 rings (SSSR count). The van der Waals surface area contributed by atoms with E-state index < -0.39 is 5.91 Å². The second-order valence-corrected chi connectivity index (χ2v) is 9.07. The highest BCUT2D eigenvalue weighted by Gasteiger charge is 2.35. The zero-order chi connectivity index (χ0) is 23.2. The van der Waals surface area contributed by atoms with Crippen LogP contribution in [0.15, 0.2) is 48.7 Å². The zero-order valence-electron chi connectivity index (χ0n) is 19.1. The monoisotopic (exact) mass is 457 g/mol. The second kappa shape index (κ2) is 8.25. The van der Waals surface area contributed by atoms with Crippen molar-refractivity contribution in [3.63, 3.8) is 0 Å². The lowest BCUT2D eigenvalue weighted by atomic mass is 9.96. The van der Waals surface area contributed by atoms with Gasteiger partial charge >= 0.3 is 0 Å². The van der Waals surface area contributed by atoms with Crippen LogP contribution in [0.1, 0.15) is 41.7 Å². The van der Waals surface area contributed by atoms with Gasteiger partial charge in [-0.05, 0) is 30.7 Å². The Kier molecular flexibility index (Phi) is 5.06. The minimum atomic E-state index is -0.520. The molecule has 174 valence electrons. The molecule has 1 amide bonds. The minimum Gasteiger partial charge on any atom is -0.378 e. The molecule has 1 atom stereocenters. The number of hydrogen-bond acceptors (Lipinski definition) is 6. The van der Waals surface area contributed by atoms with E-state index in [-0.39, 0.29) is 5.92 Å². The van der Waals surface area contributed by atoms with Crippen LogP contribution in [0.25, 0.3) is 22.7 Å². The highest BCUT2D eigenvalue weighted by Crippen LogP contribution is 2.44. The third-order valence-electron chi connectivity index (χ3n) is 6.84. The van der Waals surface area contributed by atoms with Crippen molar-refractivity contribution in [3.05, 3.63) is 59.9 Å². The predicted octanol–water partition coefficient (Wildman–Crippen LogP) is 3.03. The summed E-state index contributed by atoms with van der Waals surface area (Å²) >= 11 is 0. The number of amides is 1. The number of primary amides is 1. The molecule has 1 saturated carbocycles. The van der Waals surface area contributed by atoms with Gasteiger partial charge < -0.3 is 15.4 Å². The first-order valence-electron chi connectivity index (χ1n) is 11.8. The first kappa shape index (κ1) is 20.9. The quantitative estimate of drug-likeness (QED) is 0.477. The van der Waals surface area contributed by atoms with Crippen LogP contribution in [0.5, 0.6) is 0 Å². The smallest absolute Gasteiger partial charge is 0.269 e. The molecule has 0 radical (unpaired) electrons. The van der Waals surface area contributed by atoms with E-state index in [9.17, 15) is 4.79 Å². The number of nitrogens with two attached hydrogens (primary N) is 1. The molecule has 2 N–H and O–H groups in total. The normalized spacial score (nSPS) is 17.3. The van der Waals surface area contributed by atoms with Crippen molar-refractivity contribution in [2.45, 2.75) is 25.7 Å². The van der Waals surface area contributed by atoms with E-state index in [0.717, 1.165) is 48.6 Å². The van der Waals surface area contributed by atoms with E-state index in [0.29, 0.717) is 36.3 Å². The highest BCUT2D eigenvalue weighted by atomic mass is 16.5. The summed E-state index contributed by atoms with van der Waals surface area (Å²) in [5, 5.41) is 9.47. The number of hydrogen-bond donors (Lipinski definition) is 1. The van der Waals surface area contributed by atoms with Gasteiger partial charge in [0, 0.05) is 36.5 Å². The van der Waals surface area contributed by atoms with E-state index in [1.165, 1.54) is 0 Å². The standard InChI is InChI=1S/C25H27N7O2/c1-16(17-7-8-17)22-23(24(26)33)29-32-21(30-11-13-34-14-12-30)15-20(27-25(22)32)31-10-9-19(28-31)18-5-3-2-4-6-18/h2-6,9-10,15-17H,7-8,11-14H2,1H3,(H2,26,33)/t16-/m1/s1. The molecule has 34 heavy (non-hydrogen) atoms. The molecule has 9 heteroatoms. The van der Waals surface area contributed by atoms with Crippen molar-refractivity contribution in [1.82, 2.24) is 24.4 Å². The number of aromatic nitrogens is 5. The van der Waals surface area contributed by atoms with Gasteiger partial charge in [-0.15, -0.1) is 0 Å². The molecule has 0 unspecified atom stereocenters. The Bertz CT molecular complexity index is 1350. The van der Waals surface area contributed by atoms with Crippen LogP contribution in [0.4, 0.5) is 5.82 Å². The third kappa shape index (κ3) is 3.62. The van der Waals surface area contributed by atoms with Crippen LogP contribution in [-0.2, 0) is 4.74 Å². The molecular formula is C25H27N7O2. The van der Waals surface area contributed by atoms with Gasteiger partial charge in [-0.1, -0.05) is 37.3 Å². The van der Waals surface area contributed by atoms with Crippen LogP contribution < -0.4 is 10.6 Å². The number of ether oxygens (including phenoxy) is 1. The van der Waals surface area contributed by atoms with Crippen LogP contribution in [-0.4, -0.2) is 56.6 Å². The Morgan fingerprint density at radius 3 is 2.59 bits per heavy atom. The van der Waals surface area contributed by atoms with Gasteiger partial charge in [-0.3, -0.25) is 4.79 Å². The third-order valence-corrected chi connectivity index (χ3v) is 6.84. The highest BCUT2D eigenvalue weighted by molar-refractivity contribution is 5.94. The van der Waals surface area contributed by atoms with Gasteiger partial charge in [0.25, 0.3) is 5.91 Å². The maximum absolute atomic E-state index is 12.4. The minimum absolute atomic E-state index is 0.151. The van der Waals surface area contributed by atoms with Gasteiger partial charge in [-0.2, -0.15) is 14.7 Å². The number of anilines is 1. The summed E-state index contributed by atoms with van der Waals surface area (Å²) in [5.74, 6) is 1.69. The van der Waals surface area contributed by atoms with E-state index in [4.69, 9.17) is 20.6 Å². The zero-order valence-corrected chi connectivity index (χ0v) is 19.1. The summed E-state index contributed by atoms with van der Waals surface area (Å²) in [7, 11) is 0. The maximum Gasteiger partial charge on any atom is 0.269 e. The molecule has 3 aromatic heterocycles. The van der Waals surface area contributed by atoms with Gasteiger partial charge in [0.1, 0.15) is 5.82 Å². The van der Waals surface area contributed by atoms with Crippen LogP contribution in [0, 0.1) is 5.92 Å². The fourth-order valence-corrected chi connectivity index (χ4v) is 4.79. The lowest BCUT2D eigenvalue weighted by molar-refractivity contribution is 0.0993. The van der Waals surface area contributed by atoms with E-state index in [1.54, 1.807) is 9.20 Å². The summed E-state index contributed by atoms with van der Waals surface area (Å²) < 4.78 is 9.14. The molecule has 1 saturated heterocycles. The van der Waals surface area contributed by atoms with Crippen molar-refractivity contribution in [2.24, 2.45) is 11.7 Å². The Hall–Kier alpha value is -3.72. The average Bonchev–Trinajstić information content (AvgIpc) is 3.47. The molecule has 0 spiro atoms. The SMILES string of the molecule is C[C@@H](c1c(C(N)=O)nn2c(N3CCOCC3)cc(-n3ccc(-c4ccccc4)n3)nc12)C1CC1. The van der Waals surface area contributed by atoms with Crippen molar-refractivity contribution in [1.29, 1.82) is 0 Å². The summed E-state index contributed by atoms with van der Waals surface area (Å²) in [6.07, 6.45) is 4.21. The molecular weight excluding hydrogens is 430 g/mol. The molecule has 4 aromatic rings. The number of nitrogens with zero attached hydrogens (tertiary/aromatic N) is 6. The molecule has 2 aliphatic rings. The van der Waals surface area contributed by atoms with Gasteiger partial charge in [0.2, 0.25) is 0 Å². The summed E-state index contributed by atoms with van der Waals surface area (Å²) in [6, 6.07) is 14.0. The number of carbonyl (C=O) groups excluding carboxylic acids is 1. The molecule has 1 aliphatic carbocycles. The predicted molar refractivity (Wildman–Crippen MR) is 128 cm³/mol. The first-order chi connectivity index (χ1) is 16.6. The lowest BCUT2D eigenvalue weighted by Crippen LogP contribution is -2.37. The van der Waals surface area contributed by atoms with Crippen molar-refractivity contribution >= 4 is 17.4 Å². The van der Waals surface area contributed by atoms with Crippen molar-refractivity contribution in [2.75, 3.05) is 31.2 Å². The maximum atomic E-state index is 12.4. The Labute approximate surface area is 197 Å². The molecule has 0 bridgehead atoms. The Morgan fingerprint density at radius 2 is 1.88 bits per heavy atom. The lowest BCUT2D eigenvalue weighted by Gasteiger charge is -2.29. The largest absolute Gasteiger partial charge is 0.378 e. The van der Waals surface area contributed by atoms with Crippen molar-refractivity contribution in [3.8, 4) is 17.1 Å². The molecule has 9 nitrogen and oxygen atoms in total. The fraction of sp³-hybridized carbons (Fsp3) is 0.360. The Balaban J connectivity index is 1.54. The number of morpholine rings is 1. The number of fused-ring (bicyclic) bond motifs is 1. The Morgan fingerprint density at radius 1 is 1.12 bits per heavy atom. The summed E-state index contributed by atoms with van der Waals surface area (Å²) in [4.78, 5) is 19.6. The summed E-state index contributed by atoms with van der Waals surface area (Å²) in [5.41, 5.74) is 9.51. The van der Waals surface area contributed by atoms with Gasteiger partial charge in [0.05, 0.1) is 18.9 Å². The number of carbonyl (C=O) groups is 1. The van der Waals surface area contributed by atoms with E-state index in [2.05, 4.69) is 16.9 Å². The van der Waals surface area contributed by atoms with Crippen LogP contribution in [0.3, 0.4) is 0 Å². The van der Waals surface area contributed by atoms with Crippen LogP contribution >= 0.6 is 0 Å². The molecule has 1 aliphatic heterocycles. The molecule has 4 heterocycles. The van der Waals surface area contributed by atoms with Crippen molar-refractivity contribution < 1.29 is 9.53 Å². The second-order valence-electron chi connectivity index (χ2n) is 9.07. The fourth-order valence-electron chi connectivity index (χ4n) is 4.79. The average molecular weight is 458 g/mol. The molecule has 2 fully saturated rings. The summed E-state index contributed by atoms with van der Waals surface area (Å²) in [6.45, 7) is 4.87. The van der Waals surface area contributed by atoms with Gasteiger partial charge in [0.15, 0.2) is 17.2 Å². The van der Waals surface area contributed by atoms with Crippen LogP contribution in [0.2, 0.25) is 0 Å². The van der Waals surface area contributed by atoms with E-state index >= 15 is 0 Å².